The van der Waals surface area contributed by atoms with Crippen LogP contribution < -0.4 is 0 Å². The number of allylic oxidation sites excluding steroid dienone is 3. The lowest BCUT2D eigenvalue weighted by Crippen LogP contribution is -1.90. The molecule has 11 heavy (non-hydrogen) atoms. The van der Waals surface area contributed by atoms with Crippen LogP contribution >= 0.6 is 0 Å². The van der Waals surface area contributed by atoms with Crippen molar-refractivity contribution in [2.24, 2.45) is 4.99 Å². The maximum atomic E-state index is 4.19. The average molecular weight is 147 g/mol. The molecule has 0 atom stereocenters. The molecule has 1 heteroatoms. The SMILES string of the molecule is C=C/C=C1/CCC/C1=N/C=C. The Kier molecular flexibility index (Phi) is 2.84. The third-order valence-corrected chi connectivity index (χ3v) is 1.80. The van der Waals surface area contributed by atoms with Crippen molar-refractivity contribution in [1.29, 1.82) is 0 Å². The van der Waals surface area contributed by atoms with Crippen LogP contribution in [0.3, 0.4) is 0 Å². The predicted molar refractivity (Wildman–Crippen MR) is 49.8 cm³/mol. The standard InChI is InChI=1S/C10H13N/c1-3-6-9-7-5-8-10(9)11-4-2/h3-4,6H,1-2,5,7-8H2/b9-6-,11-10-. The summed E-state index contributed by atoms with van der Waals surface area (Å²) < 4.78 is 0. The van der Waals surface area contributed by atoms with Crippen LogP contribution in [-0.2, 0) is 0 Å². The first-order chi connectivity index (χ1) is 5.38. The lowest BCUT2D eigenvalue weighted by molar-refractivity contribution is 0.946. The summed E-state index contributed by atoms with van der Waals surface area (Å²) in [5.41, 5.74) is 2.50. The molecule has 1 fully saturated rings. The van der Waals surface area contributed by atoms with Gasteiger partial charge in [0.1, 0.15) is 0 Å². The number of hydrogen-bond acceptors (Lipinski definition) is 1. The molecule has 0 radical (unpaired) electrons. The van der Waals surface area contributed by atoms with E-state index in [1.807, 2.05) is 12.2 Å². The quantitative estimate of drug-likeness (QED) is 0.569. The van der Waals surface area contributed by atoms with Crippen LogP contribution in [0.15, 0.2) is 42.1 Å². The van der Waals surface area contributed by atoms with Crippen molar-refractivity contribution in [2.75, 3.05) is 0 Å². The lowest BCUT2D eigenvalue weighted by atomic mass is 10.2. The normalized spacial score (nSPS) is 24.4. The van der Waals surface area contributed by atoms with Crippen LogP contribution in [0.5, 0.6) is 0 Å². The molecule has 0 aromatic rings. The third-order valence-electron chi connectivity index (χ3n) is 1.80. The summed E-state index contributed by atoms with van der Waals surface area (Å²) in [5, 5.41) is 0. The molecule has 58 valence electrons. The van der Waals surface area contributed by atoms with Crippen molar-refractivity contribution in [1.82, 2.24) is 0 Å². The minimum Gasteiger partial charge on any atom is -0.262 e. The minimum atomic E-state index is 1.09. The molecule has 0 aromatic heterocycles. The fourth-order valence-corrected chi connectivity index (χ4v) is 1.33. The van der Waals surface area contributed by atoms with Crippen LogP contribution in [0.25, 0.3) is 0 Å². The molecule has 0 unspecified atom stereocenters. The predicted octanol–water partition coefficient (Wildman–Crippen LogP) is 2.87. The topological polar surface area (TPSA) is 12.4 Å². The zero-order valence-corrected chi connectivity index (χ0v) is 6.71. The third kappa shape index (κ3) is 1.90. The number of aliphatic imine (C=N–C) groups is 1. The van der Waals surface area contributed by atoms with E-state index < -0.39 is 0 Å². The maximum absolute atomic E-state index is 4.19. The van der Waals surface area contributed by atoms with Gasteiger partial charge in [-0.05, 0) is 24.8 Å². The Balaban J connectivity index is 2.80. The fourth-order valence-electron chi connectivity index (χ4n) is 1.33. The van der Waals surface area contributed by atoms with Crippen molar-refractivity contribution in [3.05, 3.63) is 37.1 Å². The second kappa shape index (κ2) is 3.91. The largest absolute Gasteiger partial charge is 0.262 e. The molecule has 1 rings (SSSR count). The van der Waals surface area contributed by atoms with Crippen molar-refractivity contribution in [3.8, 4) is 0 Å². The van der Waals surface area contributed by atoms with Gasteiger partial charge in [0.25, 0.3) is 0 Å². The Morgan fingerprint density at radius 1 is 1.27 bits per heavy atom. The summed E-state index contributed by atoms with van der Waals surface area (Å²) in [7, 11) is 0. The van der Waals surface area contributed by atoms with Crippen molar-refractivity contribution >= 4 is 5.71 Å². The molecule has 1 nitrogen and oxygen atoms in total. The van der Waals surface area contributed by atoms with E-state index in [-0.39, 0.29) is 0 Å². The maximum Gasteiger partial charge on any atom is 0.0435 e. The summed E-state index contributed by atoms with van der Waals surface area (Å²) in [6.45, 7) is 7.24. The van der Waals surface area contributed by atoms with Gasteiger partial charge in [-0.15, -0.1) is 0 Å². The van der Waals surface area contributed by atoms with E-state index in [2.05, 4.69) is 18.2 Å². The van der Waals surface area contributed by atoms with E-state index in [9.17, 15) is 0 Å². The van der Waals surface area contributed by atoms with Gasteiger partial charge in [-0.2, -0.15) is 0 Å². The number of hydrogen-bond donors (Lipinski definition) is 0. The first kappa shape index (κ1) is 7.99. The Bertz CT molecular complexity index is 197. The molecule has 0 heterocycles. The smallest absolute Gasteiger partial charge is 0.0435 e. The Morgan fingerprint density at radius 2 is 2.09 bits per heavy atom. The molecule has 1 saturated carbocycles. The molecule has 0 aliphatic heterocycles. The highest BCUT2D eigenvalue weighted by molar-refractivity contribution is 6.02. The van der Waals surface area contributed by atoms with Crippen LogP contribution in [-0.4, -0.2) is 5.71 Å². The van der Waals surface area contributed by atoms with Gasteiger partial charge in [0.05, 0.1) is 0 Å². The van der Waals surface area contributed by atoms with Crippen molar-refractivity contribution in [3.63, 3.8) is 0 Å². The van der Waals surface area contributed by atoms with Crippen LogP contribution in [0.1, 0.15) is 19.3 Å². The Hall–Kier alpha value is -1.11. The van der Waals surface area contributed by atoms with E-state index >= 15 is 0 Å². The summed E-state index contributed by atoms with van der Waals surface area (Å²) in [5.74, 6) is 0. The highest BCUT2D eigenvalue weighted by Gasteiger charge is 2.12. The first-order valence-electron chi connectivity index (χ1n) is 3.88. The molecule has 1 aliphatic carbocycles. The molecular weight excluding hydrogens is 134 g/mol. The van der Waals surface area contributed by atoms with E-state index in [1.165, 1.54) is 17.7 Å². The Labute approximate surface area is 67.8 Å². The molecule has 0 spiro atoms. The summed E-state index contributed by atoms with van der Waals surface area (Å²) in [4.78, 5) is 4.19. The average Bonchev–Trinajstić information content (AvgIpc) is 2.39. The van der Waals surface area contributed by atoms with E-state index in [1.54, 1.807) is 6.20 Å². The lowest BCUT2D eigenvalue weighted by Gasteiger charge is -1.94. The van der Waals surface area contributed by atoms with Gasteiger partial charge >= 0.3 is 0 Å². The highest BCUT2D eigenvalue weighted by Crippen LogP contribution is 2.21. The van der Waals surface area contributed by atoms with Gasteiger partial charge in [0, 0.05) is 11.9 Å². The zero-order valence-electron chi connectivity index (χ0n) is 6.71. The monoisotopic (exact) mass is 147 g/mol. The molecule has 0 aromatic carbocycles. The summed E-state index contributed by atoms with van der Waals surface area (Å²) in [6, 6.07) is 0. The molecule has 1 aliphatic rings. The highest BCUT2D eigenvalue weighted by atomic mass is 14.7. The molecule has 0 N–H and O–H groups in total. The minimum absolute atomic E-state index is 1.09. The van der Waals surface area contributed by atoms with Gasteiger partial charge in [0.15, 0.2) is 0 Å². The van der Waals surface area contributed by atoms with E-state index in [0.29, 0.717) is 0 Å². The van der Waals surface area contributed by atoms with E-state index in [0.717, 1.165) is 12.8 Å². The zero-order chi connectivity index (χ0) is 8.10. The van der Waals surface area contributed by atoms with Crippen LogP contribution in [0.2, 0.25) is 0 Å². The molecule has 0 saturated heterocycles. The van der Waals surface area contributed by atoms with Crippen LogP contribution in [0, 0.1) is 0 Å². The van der Waals surface area contributed by atoms with Gasteiger partial charge < -0.3 is 0 Å². The molecule has 0 bridgehead atoms. The van der Waals surface area contributed by atoms with Gasteiger partial charge in [-0.25, -0.2) is 0 Å². The van der Waals surface area contributed by atoms with Gasteiger partial charge in [0.2, 0.25) is 0 Å². The molecule has 0 amide bonds. The van der Waals surface area contributed by atoms with Gasteiger partial charge in [-0.3, -0.25) is 4.99 Å². The van der Waals surface area contributed by atoms with E-state index in [4.69, 9.17) is 0 Å². The molecular formula is C10H13N. The van der Waals surface area contributed by atoms with Crippen molar-refractivity contribution in [2.45, 2.75) is 19.3 Å². The Morgan fingerprint density at radius 3 is 2.73 bits per heavy atom. The van der Waals surface area contributed by atoms with Crippen molar-refractivity contribution < 1.29 is 0 Å². The first-order valence-corrected chi connectivity index (χ1v) is 3.88. The summed E-state index contributed by atoms with van der Waals surface area (Å²) in [6.07, 6.45) is 8.91. The van der Waals surface area contributed by atoms with Crippen LogP contribution in [0.4, 0.5) is 0 Å². The second-order valence-electron chi connectivity index (χ2n) is 2.54. The fraction of sp³-hybridized carbons (Fsp3) is 0.300. The number of nitrogens with zero attached hydrogens (tertiary/aromatic N) is 1. The van der Waals surface area contributed by atoms with Gasteiger partial charge in [-0.1, -0.05) is 25.3 Å². The second-order valence-corrected chi connectivity index (χ2v) is 2.54. The number of rotatable bonds is 2. The summed E-state index contributed by atoms with van der Waals surface area (Å²) >= 11 is 0.